The van der Waals surface area contributed by atoms with Crippen molar-refractivity contribution in [3.8, 4) is 0 Å². The van der Waals surface area contributed by atoms with Gasteiger partial charge in [-0.15, -0.1) is 0 Å². The second-order valence-electron chi connectivity index (χ2n) is 10.2. The molecule has 0 spiro atoms. The SMILES string of the molecule is CC12CCC3C(CCC4=CC(=O)CC[C@@]43C)[C@@]1(O)CC[C@@H]2c1ccc(=O)oc1. The van der Waals surface area contributed by atoms with Gasteiger partial charge in [0.25, 0.3) is 0 Å². The van der Waals surface area contributed by atoms with Crippen molar-refractivity contribution in [1.29, 1.82) is 0 Å². The highest BCUT2D eigenvalue weighted by atomic mass is 16.4. The van der Waals surface area contributed by atoms with Crippen LogP contribution in [0.15, 0.2) is 39.3 Å². The van der Waals surface area contributed by atoms with Gasteiger partial charge in [-0.25, -0.2) is 4.79 Å². The standard InChI is InChI=1S/C24H30O4/c1-22-10-7-17(25)13-16(22)4-5-20-19(22)8-11-23(2)18(9-12-24(20,23)27)15-3-6-21(26)28-14-15/h3,6,13-14,18-20,27H,4-5,7-12H2,1-2H3/t18-,19?,20?,22+,23?,24+/m1/s1. The lowest BCUT2D eigenvalue weighted by atomic mass is 9.45. The molecule has 1 aromatic heterocycles. The minimum absolute atomic E-state index is 0.0610. The normalized spacial score (nSPS) is 45.0. The Hall–Kier alpha value is -1.68. The summed E-state index contributed by atoms with van der Waals surface area (Å²) in [5.74, 6) is 1.23. The molecule has 4 heteroatoms. The predicted molar refractivity (Wildman–Crippen MR) is 106 cm³/mol. The van der Waals surface area contributed by atoms with E-state index in [4.69, 9.17) is 4.42 Å². The Labute approximate surface area is 166 Å². The molecule has 1 heterocycles. The molecule has 6 atom stereocenters. The van der Waals surface area contributed by atoms with Crippen LogP contribution in [0.1, 0.15) is 76.7 Å². The third-order valence-corrected chi connectivity index (χ3v) is 9.27. The monoisotopic (exact) mass is 382 g/mol. The molecule has 4 aliphatic carbocycles. The molecule has 1 N–H and O–H groups in total. The highest BCUT2D eigenvalue weighted by Gasteiger charge is 2.66. The van der Waals surface area contributed by atoms with E-state index in [9.17, 15) is 14.7 Å². The van der Waals surface area contributed by atoms with Gasteiger partial charge >= 0.3 is 5.63 Å². The van der Waals surface area contributed by atoms with Crippen molar-refractivity contribution in [3.05, 3.63) is 46.0 Å². The molecular weight excluding hydrogens is 352 g/mol. The fraction of sp³-hybridized carbons (Fsp3) is 0.667. The number of rotatable bonds is 1. The molecule has 3 fully saturated rings. The predicted octanol–water partition coefficient (Wildman–Crippen LogP) is 4.37. The molecule has 28 heavy (non-hydrogen) atoms. The van der Waals surface area contributed by atoms with Gasteiger partial charge < -0.3 is 9.52 Å². The van der Waals surface area contributed by atoms with Gasteiger partial charge in [-0.2, -0.15) is 0 Å². The van der Waals surface area contributed by atoms with Crippen LogP contribution in [-0.2, 0) is 4.79 Å². The summed E-state index contributed by atoms with van der Waals surface area (Å²) >= 11 is 0. The summed E-state index contributed by atoms with van der Waals surface area (Å²) in [6.07, 6.45) is 10.8. The summed E-state index contributed by atoms with van der Waals surface area (Å²) in [6, 6.07) is 3.38. The van der Waals surface area contributed by atoms with Crippen molar-refractivity contribution in [2.24, 2.45) is 22.7 Å². The second-order valence-corrected chi connectivity index (χ2v) is 10.2. The first-order valence-corrected chi connectivity index (χ1v) is 10.8. The zero-order chi connectivity index (χ0) is 19.7. The summed E-state index contributed by atoms with van der Waals surface area (Å²) in [5.41, 5.74) is 1.23. The quantitative estimate of drug-likeness (QED) is 0.783. The topological polar surface area (TPSA) is 67.5 Å². The molecular formula is C24H30O4. The van der Waals surface area contributed by atoms with Crippen molar-refractivity contribution in [1.82, 2.24) is 0 Å². The van der Waals surface area contributed by atoms with Gasteiger partial charge in [-0.3, -0.25) is 4.79 Å². The maximum Gasteiger partial charge on any atom is 0.335 e. The van der Waals surface area contributed by atoms with Crippen LogP contribution in [0.5, 0.6) is 0 Å². The van der Waals surface area contributed by atoms with Crippen molar-refractivity contribution >= 4 is 5.78 Å². The molecule has 0 aromatic carbocycles. The Morgan fingerprint density at radius 1 is 1.00 bits per heavy atom. The van der Waals surface area contributed by atoms with E-state index in [0.717, 1.165) is 50.5 Å². The zero-order valence-electron chi connectivity index (χ0n) is 16.9. The number of hydrogen-bond donors (Lipinski definition) is 1. The van der Waals surface area contributed by atoms with E-state index >= 15 is 0 Å². The maximum atomic E-state index is 12.1. The molecule has 4 nitrogen and oxygen atoms in total. The number of carbonyl (C=O) groups excluding carboxylic acids is 1. The van der Waals surface area contributed by atoms with Gasteiger partial charge in [0, 0.05) is 17.9 Å². The number of allylic oxidation sites excluding steroid dienone is 1. The summed E-state index contributed by atoms with van der Waals surface area (Å²) in [7, 11) is 0. The molecule has 0 bridgehead atoms. The van der Waals surface area contributed by atoms with Crippen LogP contribution in [0.2, 0.25) is 0 Å². The highest BCUT2D eigenvalue weighted by molar-refractivity contribution is 5.91. The molecule has 5 rings (SSSR count). The average molecular weight is 383 g/mol. The van der Waals surface area contributed by atoms with Gasteiger partial charge in [0.2, 0.25) is 0 Å². The zero-order valence-corrected chi connectivity index (χ0v) is 16.9. The van der Waals surface area contributed by atoms with Crippen LogP contribution in [0.25, 0.3) is 0 Å². The fourth-order valence-corrected chi connectivity index (χ4v) is 7.63. The lowest BCUT2D eigenvalue weighted by Crippen LogP contribution is -2.60. The third kappa shape index (κ3) is 2.27. The van der Waals surface area contributed by atoms with Crippen LogP contribution < -0.4 is 5.63 Å². The van der Waals surface area contributed by atoms with E-state index in [2.05, 4.69) is 13.8 Å². The van der Waals surface area contributed by atoms with Crippen LogP contribution in [0, 0.1) is 22.7 Å². The Morgan fingerprint density at radius 3 is 2.57 bits per heavy atom. The summed E-state index contributed by atoms with van der Waals surface area (Å²) in [4.78, 5) is 23.4. The van der Waals surface area contributed by atoms with E-state index in [1.165, 1.54) is 11.6 Å². The minimum Gasteiger partial charge on any atom is -0.431 e. The Morgan fingerprint density at radius 2 is 1.82 bits per heavy atom. The summed E-state index contributed by atoms with van der Waals surface area (Å²) < 4.78 is 5.16. The van der Waals surface area contributed by atoms with Crippen molar-refractivity contribution in [2.45, 2.75) is 76.7 Å². The lowest BCUT2D eigenvalue weighted by Gasteiger charge is -2.61. The van der Waals surface area contributed by atoms with Gasteiger partial charge in [0.15, 0.2) is 5.78 Å². The van der Waals surface area contributed by atoms with Crippen molar-refractivity contribution < 1.29 is 14.3 Å². The fourth-order valence-electron chi connectivity index (χ4n) is 7.63. The first-order valence-electron chi connectivity index (χ1n) is 10.8. The first-order chi connectivity index (χ1) is 13.3. The molecule has 150 valence electrons. The minimum atomic E-state index is -0.688. The second kappa shape index (κ2) is 5.91. The smallest absolute Gasteiger partial charge is 0.335 e. The van der Waals surface area contributed by atoms with Gasteiger partial charge in [-0.05, 0) is 85.8 Å². The average Bonchev–Trinajstić information content (AvgIpc) is 2.95. The van der Waals surface area contributed by atoms with E-state index in [-0.39, 0.29) is 34.1 Å². The molecule has 4 aliphatic rings. The lowest BCUT2D eigenvalue weighted by molar-refractivity contribution is -0.177. The van der Waals surface area contributed by atoms with Crippen molar-refractivity contribution in [3.63, 3.8) is 0 Å². The highest BCUT2D eigenvalue weighted by Crippen LogP contribution is 2.69. The molecule has 0 saturated heterocycles. The number of carbonyl (C=O) groups is 1. The maximum absolute atomic E-state index is 12.1. The van der Waals surface area contributed by atoms with E-state index in [1.54, 1.807) is 6.26 Å². The van der Waals surface area contributed by atoms with Gasteiger partial charge in [0.05, 0.1) is 11.9 Å². The van der Waals surface area contributed by atoms with E-state index < -0.39 is 5.60 Å². The van der Waals surface area contributed by atoms with Crippen LogP contribution in [0.3, 0.4) is 0 Å². The summed E-state index contributed by atoms with van der Waals surface area (Å²) in [6.45, 7) is 4.59. The number of fused-ring (bicyclic) bond motifs is 5. The Bertz CT molecular complexity index is 893. The first kappa shape index (κ1) is 18.4. The van der Waals surface area contributed by atoms with Gasteiger partial charge in [0.1, 0.15) is 0 Å². The van der Waals surface area contributed by atoms with E-state index in [1.807, 2.05) is 12.1 Å². The number of hydrogen-bond acceptors (Lipinski definition) is 4. The number of aliphatic hydroxyl groups is 1. The molecule has 3 unspecified atom stereocenters. The molecule has 0 amide bonds. The Kier molecular flexibility index (Phi) is 3.88. The number of ketones is 1. The molecule has 0 radical (unpaired) electrons. The summed E-state index contributed by atoms with van der Waals surface area (Å²) in [5, 5.41) is 12.1. The Balaban J connectivity index is 1.52. The largest absolute Gasteiger partial charge is 0.431 e. The molecule has 0 aliphatic heterocycles. The third-order valence-electron chi connectivity index (χ3n) is 9.27. The van der Waals surface area contributed by atoms with E-state index in [0.29, 0.717) is 12.3 Å². The van der Waals surface area contributed by atoms with Crippen LogP contribution in [-0.4, -0.2) is 16.5 Å². The molecule has 3 saturated carbocycles. The van der Waals surface area contributed by atoms with Crippen LogP contribution in [0.4, 0.5) is 0 Å². The van der Waals surface area contributed by atoms with Gasteiger partial charge in [-0.1, -0.05) is 19.4 Å². The van der Waals surface area contributed by atoms with Crippen LogP contribution >= 0.6 is 0 Å². The molecule has 1 aromatic rings. The van der Waals surface area contributed by atoms with Crippen molar-refractivity contribution in [2.75, 3.05) is 0 Å².